The fourth-order valence-corrected chi connectivity index (χ4v) is 3.59. The molecule has 2 aliphatic rings. The van der Waals surface area contributed by atoms with Gasteiger partial charge in [0.05, 0.1) is 6.61 Å². The molecule has 1 fully saturated rings. The lowest BCUT2D eigenvalue weighted by molar-refractivity contribution is 0.0566. The summed E-state index contributed by atoms with van der Waals surface area (Å²) in [5.74, 6) is 1.79. The van der Waals surface area contributed by atoms with Gasteiger partial charge < -0.3 is 19.1 Å². The Morgan fingerprint density at radius 1 is 1.19 bits per heavy atom. The number of piperazine rings is 1. The van der Waals surface area contributed by atoms with Crippen LogP contribution in [-0.2, 0) is 11.3 Å². The second kappa shape index (κ2) is 8.10. The van der Waals surface area contributed by atoms with Gasteiger partial charge in [0.15, 0.2) is 11.5 Å². The molecule has 7 heteroatoms. The molecule has 0 spiro atoms. The fraction of sp³-hybridized carbons (Fsp3) is 0.450. The van der Waals surface area contributed by atoms with E-state index >= 15 is 0 Å². The molecule has 2 aromatic rings. The molecule has 1 atom stereocenters. The van der Waals surface area contributed by atoms with Crippen LogP contribution in [-0.4, -0.2) is 62.4 Å². The van der Waals surface area contributed by atoms with Gasteiger partial charge in [0.2, 0.25) is 0 Å². The number of ether oxygens (including phenoxy) is 3. The van der Waals surface area contributed by atoms with E-state index in [1.165, 1.54) is 12.1 Å². The monoisotopic (exact) mass is 373 g/mol. The molecule has 1 aromatic heterocycles. The van der Waals surface area contributed by atoms with Gasteiger partial charge in [0.25, 0.3) is 0 Å². The van der Waals surface area contributed by atoms with Crippen LogP contribution in [0.15, 0.2) is 36.5 Å². The molecular formula is C20H24FN3O3. The van der Waals surface area contributed by atoms with Gasteiger partial charge in [-0.25, -0.2) is 9.37 Å². The normalized spacial score (nSPS) is 19.9. The van der Waals surface area contributed by atoms with Crippen LogP contribution in [0.1, 0.15) is 5.56 Å². The Morgan fingerprint density at radius 3 is 2.85 bits per heavy atom. The zero-order valence-electron chi connectivity index (χ0n) is 15.4. The van der Waals surface area contributed by atoms with E-state index in [2.05, 4.69) is 20.9 Å². The molecule has 2 aliphatic heterocycles. The van der Waals surface area contributed by atoms with Crippen molar-refractivity contribution in [2.24, 2.45) is 0 Å². The van der Waals surface area contributed by atoms with Gasteiger partial charge in [-0.3, -0.25) is 4.90 Å². The van der Waals surface area contributed by atoms with E-state index in [-0.39, 0.29) is 11.9 Å². The average molecular weight is 373 g/mol. The predicted octanol–water partition coefficient (Wildman–Crippen LogP) is 2.33. The number of aromatic nitrogens is 1. The third kappa shape index (κ3) is 4.14. The van der Waals surface area contributed by atoms with Crippen molar-refractivity contribution in [1.82, 2.24) is 9.88 Å². The molecule has 6 nitrogen and oxygen atoms in total. The van der Waals surface area contributed by atoms with Gasteiger partial charge in [0, 0.05) is 57.7 Å². The summed E-state index contributed by atoms with van der Waals surface area (Å²) in [5.41, 5.74) is 1.11. The van der Waals surface area contributed by atoms with Crippen LogP contribution in [0.5, 0.6) is 11.5 Å². The number of halogens is 1. The van der Waals surface area contributed by atoms with Crippen LogP contribution < -0.4 is 14.4 Å². The molecule has 0 saturated carbocycles. The Balaban J connectivity index is 1.33. The van der Waals surface area contributed by atoms with Crippen molar-refractivity contribution in [3.8, 4) is 11.5 Å². The quantitative estimate of drug-likeness (QED) is 0.802. The number of hydrogen-bond donors (Lipinski definition) is 0. The first-order chi connectivity index (χ1) is 13.2. The van der Waals surface area contributed by atoms with E-state index in [0.717, 1.165) is 44.1 Å². The van der Waals surface area contributed by atoms with Crippen LogP contribution in [0, 0.1) is 5.82 Å². The molecular weight excluding hydrogens is 349 g/mol. The van der Waals surface area contributed by atoms with Gasteiger partial charge in [0.1, 0.15) is 24.3 Å². The zero-order chi connectivity index (χ0) is 18.6. The lowest BCUT2D eigenvalue weighted by Gasteiger charge is -2.38. The Bertz CT molecular complexity index is 781. The van der Waals surface area contributed by atoms with E-state index in [9.17, 15) is 4.39 Å². The van der Waals surface area contributed by atoms with Crippen LogP contribution >= 0.6 is 0 Å². The predicted molar refractivity (Wildman–Crippen MR) is 99.9 cm³/mol. The van der Waals surface area contributed by atoms with Crippen LogP contribution in [0.25, 0.3) is 0 Å². The van der Waals surface area contributed by atoms with Crippen molar-refractivity contribution < 1.29 is 18.6 Å². The van der Waals surface area contributed by atoms with Gasteiger partial charge in [-0.2, -0.15) is 0 Å². The maximum absolute atomic E-state index is 13.4. The lowest BCUT2D eigenvalue weighted by Crippen LogP contribution is -2.51. The minimum atomic E-state index is -0.311. The van der Waals surface area contributed by atoms with Gasteiger partial charge in [-0.15, -0.1) is 0 Å². The summed E-state index contributed by atoms with van der Waals surface area (Å²) in [6.07, 6.45) is 1.73. The van der Waals surface area contributed by atoms with E-state index in [1.807, 2.05) is 12.3 Å². The molecule has 144 valence electrons. The summed E-state index contributed by atoms with van der Waals surface area (Å²) in [5, 5.41) is 0. The first-order valence-corrected chi connectivity index (χ1v) is 9.22. The molecule has 1 unspecified atom stereocenters. The Labute approximate surface area is 158 Å². The highest BCUT2D eigenvalue weighted by atomic mass is 19.1. The number of anilines is 1. The van der Waals surface area contributed by atoms with Crippen molar-refractivity contribution in [2.45, 2.75) is 12.7 Å². The van der Waals surface area contributed by atoms with Gasteiger partial charge in [-0.1, -0.05) is 6.07 Å². The minimum Gasteiger partial charge on any atom is -0.486 e. The summed E-state index contributed by atoms with van der Waals surface area (Å²) in [6, 6.07) is 8.39. The first kappa shape index (κ1) is 18.0. The van der Waals surface area contributed by atoms with Crippen molar-refractivity contribution in [2.75, 3.05) is 51.3 Å². The SMILES string of the molecule is COCc1cccnc1N1CCN(CC2COc3ccc(F)cc3O2)CC1. The third-order valence-electron chi connectivity index (χ3n) is 4.93. The Hall–Kier alpha value is -2.38. The van der Waals surface area contributed by atoms with E-state index in [4.69, 9.17) is 14.2 Å². The summed E-state index contributed by atoms with van der Waals surface area (Å²) in [7, 11) is 1.70. The number of methoxy groups -OCH3 is 1. The maximum Gasteiger partial charge on any atom is 0.164 e. The fourth-order valence-electron chi connectivity index (χ4n) is 3.59. The highest BCUT2D eigenvalue weighted by Crippen LogP contribution is 2.32. The summed E-state index contributed by atoms with van der Waals surface area (Å²) < 4.78 is 30.3. The number of fused-ring (bicyclic) bond motifs is 1. The molecule has 0 N–H and O–H groups in total. The Morgan fingerprint density at radius 2 is 2.04 bits per heavy atom. The van der Waals surface area contributed by atoms with Crippen LogP contribution in [0.2, 0.25) is 0 Å². The van der Waals surface area contributed by atoms with Gasteiger partial charge in [-0.05, 0) is 18.2 Å². The topological polar surface area (TPSA) is 47.1 Å². The largest absolute Gasteiger partial charge is 0.486 e. The zero-order valence-corrected chi connectivity index (χ0v) is 15.4. The first-order valence-electron chi connectivity index (χ1n) is 9.22. The highest BCUT2D eigenvalue weighted by molar-refractivity contribution is 5.47. The standard InChI is InChI=1S/C20H24FN3O3/c1-25-13-15-3-2-6-22-20(15)24-9-7-23(8-10-24)12-17-14-26-18-5-4-16(21)11-19(18)27-17/h2-6,11,17H,7-10,12-14H2,1H3. The summed E-state index contributed by atoms with van der Waals surface area (Å²) in [4.78, 5) is 9.20. The van der Waals surface area contributed by atoms with Crippen molar-refractivity contribution in [1.29, 1.82) is 0 Å². The maximum atomic E-state index is 13.4. The number of benzene rings is 1. The van der Waals surface area contributed by atoms with Crippen LogP contribution in [0.3, 0.4) is 0 Å². The van der Waals surface area contributed by atoms with Crippen LogP contribution in [0.4, 0.5) is 10.2 Å². The smallest absolute Gasteiger partial charge is 0.164 e. The van der Waals surface area contributed by atoms with Crippen molar-refractivity contribution in [3.05, 3.63) is 47.9 Å². The molecule has 27 heavy (non-hydrogen) atoms. The Kier molecular flexibility index (Phi) is 5.40. The molecule has 3 heterocycles. The number of nitrogens with zero attached hydrogens (tertiary/aromatic N) is 3. The van der Waals surface area contributed by atoms with E-state index in [0.29, 0.717) is 24.7 Å². The summed E-state index contributed by atoms with van der Waals surface area (Å²) >= 11 is 0. The van der Waals surface area contributed by atoms with Crippen molar-refractivity contribution >= 4 is 5.82 Å². The molecule has 4 rings (SSSR count). The lowest BCUT2D eigenvalue weighted by atomic mass is 10.2. The number of rotatable bonds is 5. The average Bonchev–Trinajstić information content (AvgIpc) is 2.69. The van der Waals surface area contributed by atoms with E-state index in [1.54, 1.807) is 13.2 Å². The number of hydrogen-bond acceptors (Lipinski definition) is 6. The number of pyridine rings is 1. The second-order valence-electron chi connectivity index (χ2n) is 6.85. The third-order valence-corrected chi connectivity index (χ3v) is 4.93. The highest BCUT2D eigenvalue weighted by Gasteiger charge is 2.26. The minimum absolute atomic E-state index is 0.0928. The molecule has 1 saturated heterocycles. The molecule has 0 bridgehead atoms. The summed E-state index contributed by atoms with van der Waals surface area (Å²) in [6.45, 7) is 5.43. The van der Waals surface area contributed by atoms with Gasteiger partial charge >= 0.3 is 0 Å². The molecule has 1 aromatic carbocycles. The van der Waals surface area contributed by atoms with E-state index < -0.39 is 0 Å². The van der Waals surface area contributed by atoms with Crippen molar-refractivity contribution in [3.63, 3.8) is 0 Å². The second-order valence-corrected chi connectivity index (χ2v) is 6.85. The molecule has 0 radical (unpaired) electrons. The molecule has 0 amide bonds. The molecule has 0 aliphatic carbocycles.